The molecule has 0 unspecified atom stereocenters. The van der Waals surface area contributed by atoms with Gasteiger partial charge in [-0.3, -0.25) is 10.1 Å². The Labute approximate surface area is 181 Å². The van der Waals surface area contributed by atoms with E-state index < -0.39 is 22.4 Å². The number of anilines is 1. The number of carbonyl (C=O) groups is 1. The van der Waals surface area contributed by atoms with Crippen LogP contribution in [0.25, 0.3) is 0 Å². The molecule has 11 heteroatoms. The summed E-state index contributed by atoms with van der Waals surface area (Å²) in [6, 6.07) is 3.42. The molecular formula is C19H18Cl2FN3O5. The molecule has 8 nitrogen and oxygen atoms in total. The van der Waals surface area contributed by atoms with Crippen LogP contribution in [0.5, 0.6) is 5.88 Å². The average molecular weight is 458 g/mol. The van der Waals surface area contributed by atoms with Crippen LogP contribution < -0.4 is 10.1 Å². The second-order valence-electron chi connectivity index (χ2n) is 6.75. The molecule has 0 atom stereocenters. The first kappa shape index (κ1) is 22.0. The van der Waals surface area contributed by atoms with Gasteiger partial charge >= 0.3 is 5.97 Å². The molecule has 0 bridgehead atoms. The van der Waals surface area contributed by atoms with Crippen molar-refractivity contribution in [1.29, 1.82) is 0 Å². The monoisotopic (exact) mass is 457 g/mol. The molecule has 1 aliphatic carbocycles. The van der Waals surface area contributed by atoms with E-state index in [1.165, 1.54) is 12.3 Å². The molecule has 2 aromatic rings. The van der Waals surface area contributed by atoms with Crippen LogP contribution in [0.3, 0.4) is 0 Å². The van der Waals surface area contributed by atoms with Crippen LogP contribution >= 0.6 is 23.2 Å². The van der Waals surface area contributed by atoms with Gasteiger partial charge in [-0.1, -0.05) is 23.2 Å². The number of nitrogens with one attached hydrogen (secondary N) is 1. The minimum atomic E-state index is -1.01. The van der Waals surface area contributed by atoms with Crippen LogP contribution in [0.2, 0.25) is 10.0 Å². The Bertz CT molecular complexity index is 967. The van der Waals surface area contributed by atoms with Crippen LogP contribution in [0.1, 0.15) is 36.0 Å². The Morgan fingerprint density at radius 1 is 1.30 bits per heavy atom. The van der Waals surface area contributed by atoms with Gasteiger partial charge in [0.15, 0.2) is 11.5 Å². The predicted molar refractivity (Wildman–Crippen MR) is 109 cm³/mol. The molecule has 0 amide bonds. The number of halogens is 3. The lowest BCUT2D eigenvalue weighted by molar-refractivity contribution is -0.384. The van der Waals surface area contributed by atoms with Crippen LogP contribution in [-0.4, -0.2) is 35.1 Å². The van der Waals surface area contributed by atoms with Gasteiger partial charge in [0.25, 0.3) is 5.69 Å². The van der Waals surface area contributed by atoms with Gasteiger partial charge in [-0.2, -0.15) is 0 Å². The van der Waals surface area contributed by atoms with Gasteiger partial charge in [0.05, 0.1) is 22.6 Å². The number of ether oxygens (including phenoxy) is 2. The first-order valence-electron chi connectivity index (χ1n) is 9.09. The zero-order valence-corrected chi connectivity index (χ0v) is 17.4. The first-order chi connectivity index (χ1) is 14.3. The quantitative estimate of drug-likeness (QED) is 0.368. The summed E-state index contributed by atoms with van der Waals surface area (Å²) >= 11 is 11.9. The van der Waals surface area contributed by atoms with Gasteiger partial charge in [0, 0.05) is 18.3 Å². The SMILES string of the molecule is COC(=O)c1ccc([N+](=O)[O-])c(NC2CCC(Oc3ncc(Cl)cc3Cl)CC2)c1F. The van der Waals surface area contributed by atoms with Crippen molar-refractivity contribution < 1.29 is 23.6 Å². The van der Waals surface area contributed by atoms with Gasteiger partial charge in [-0.05, 0) is 37.8 Å². The molecule has 0 spiro atoms. The minimum absolute atomic E-state index is 0.157. The number of carbonyl (C=O) groups excluding carboxylic acids is 1. The van der Waals surface area contributed by atoms with Crippen molar-refractivity contribution >= 4 is 40.5 Å². The molecule has 0 saturated heterocycles. The number of esters is 1. The fourth-order valence-electron chi connectivity index (χ4n) is 3.30. The number of benzene rings is 1. The maximum absolute atomic E-state index is 14.8. The topological polar surface area (TPSA) is 104 Å². The standard InChI is InChI=1S/C19H18Cl2FN3O5/c1-29-19(26)13-6-7-15(25(27)28)17(16(13)22)24-11-2-4-12(5-3-11)30-18-14(21)8-10(20)9-23-18/h6-9,11-12,24H,2-5H2,1H3. The molecule has 30 heavy (non-hydrogen) atoms. The average Bonchev–Trinajstić information content (AvgIpc) is 2.72. The van der Waals surface area contributed by atoms with E-state index in [4.69, 9.17) is 27.9 Å². The van der Waals surface area contributed by atoms with Gasteiger partial charge in [-0.25, -0.2) is 14.2 Å². The maximum Gasteiger partial charge on any atom is 0.340 e. The third-order valence-electron chi connectivity index (χ3n) is 4.80. The highest BCUT2D eigenvalue weighted by molar-refractivity contribution is 6.35. The summed E-state index contributed by atoms with van der Waals surface area (Å²) < 4.78 is 25.2. The smallest absolute Gasteiger partial charge is 0.340 e. The van der Waals surface area contributed by atoms with E-state index in [0.29, 0.717) is 35.7 Å². The molecule has 0 radical (unpaired) electrons. The molecular weight excluding hydrogens is 440 g/mol. The van der Waals surface area contributed by atoms with Crippen molar-refractivity contribution in [2.75, 3.05) is 12.4 Å². The number of hydrogen-bond acceptors (Lipinski definition) is 7. The number of nitrogens with zero attached hydrogens (tertiary/aromatic N) is 2. The van der Waals surface area contributed by atoms with Gasteiger partial charge in [-0.15, -0.1) is 0 Å². The van der Waals surface area contributed by atoms with E-state index in [1.807, 2.05) is 0 Å². The fourth-order valence-corrected chi connectivity index (χ4v) is 3.72. The third-order valence-corrected chi connectivity index (χ3v) is 5.27. The molecule has 160 valence electrons. The number of rotatable bonds is 6. The van der Waals surface area contributed by atoms with Crippen LogP contribution in [-0.2, 0) is 4.74 Å². The summed E-state index contributed by atoms with van der Waals surface area (Å²) in [6.07, 6.45) is 3.61. The largest absolute Gasteiger partial charge is 0.473 e. The third kappa shape index (κ3) is 4.91. The molecule has 1 fully saturated rings. The van der Waals surface area contributed by atoms with Crippen molar-refractivity contribution in [3.05, 3.63) is 55.9 Å². The maximum atomic E-state index is 14.8. The van der Waals surface area contributed by atoms with Crippen LogP contribution in [0, 0.1) is 15.9 Å². The summed E-state index contributed by atoms with van der Waals surface area (Å²) in [5, 5.41) is 14.9. The lowest BCUT2D eigenvalue weighted by atomic mass is 9.92. The van der Waals surface area contributed by atoms with Crippen molar-refractivity contribution in [3.8, 4) is 5.88 Å². The summed E-state index contributed by atoms with van der Waals surface area (Å²) in [5.74, 6) is -1.63. The Balaban J connectivity index is 1.69. The van der Waals surface area contributed by atoms with E-state index >= 15 is 0 Å². The number of aromatic nitrogens is 1. The second-order valence-corrected chi connectivity index (χ2v) is 7.59. The lowest BCUT2D eigenvalue weighted by Crippen LogP contribution is -2.32. The van der Waals surface area contributed by atoms with Crippen molar-refractivity contribution in [2.24, 2.45) is 0 Å². The number of nitro benzene ring substituents is 1. The van der Waals surface area contributed by atoms with E-state index in [9.17, 15) is 19.3 Å². The zero-order valence-electron chi connectivity index (χ0n) is 15.9. The van der Waals surface area contributed by atoms with Gasteiger partial charge < -0.3 is 14.8 Å². The Morgan fingerprint density at radius 2 is 2.00 bits per heavy atom. The molecule has 1 N–H and O–H groups in total. The molecule has 3 rings (SSSR count). The molecule has 1 heterocycles. The van der Waals surface area contributed by atoms with Crippen molar-refractivity contribution in [1.82, 2.24) is 4.98 Å². The number of nitro groups is 1. The predicted octanol–water partition coefficient (Wildman–Crippen LogP) is 5.02. The number of methoxy groups -OCH3 is 1. The normalized spacial score (nSPS) is 18.5. The van der Waals surface area contributed by atoms with E-state index in [-0.39, 0.29) is 29.3 Å². The molecule has 1 saturated carbocycles. The van der Waals surface area contributed by atoms with Crippen LogP contribution in [0.15, 0.2) is 24.4 Å². The summed E-state index contributed by atoms with van der Waals surface area (Å²) in [5.41, 5.74) is -1.14. The number of hydrogen-bond donors (Lipinski definition) is 1. The summed E-state index contributed by atoms with van der Waals surface area (Å²) in [6.45, 7) is 0. The minimum Gasteiger partial charge on any atom is -0.473 e. The Hall–Kier alpha value is -2.65. The number of pyridine rings is 1. The Kier molecular flexibility index (Phi) is 6.94. The second kappa shape index (κ2) is 9.44. The van der Waals surface area contributed by atoms with Gasteiger partial charge in [0.2, 0.25) is 5.88 Å². The zero-order chi connectivity index (χ0) is 21.8. The van der Waals surface area contributed by atoms with E-state index in [2.05, 4.69) is 15.0 Å². The van der Waals surface area contributed by atoms with E-state index in [1.54, 1.807) is 0 Å². The molecule has 1 aliphatic rings. The van der Waals surface area contributed by atoms with Gasteiger partial charge in [0.1, 0.15) is 11.1 Å². The molecule has 0 aliphatic heterocycles. The van der Waals surface area contributed by atoms with Crippen molar-refractivity contribution in [3.63, 3.8) is 0 Å². The summed E-state index contributed by atoms with van der Waals surface area (Å²) in [7, 11) is 1.11. The fraction of sp³-hybridized carbons (Fsp3) is 0.368. The Morgan fingerprint density at radius 3 is 2.60 bits per heavy atom. The molecule has 1 aromatic heterocycles. The first-order valence-corrected chi connectivity index (χ1v) is 9.85. The highest BCUT2D eigenvalue weighted by atomic mass is 35.5. The van der Waals surface area contributed by atoms with E-state index in [0.717, 1.165) is 19.2 Å². The molecule has 1 aromatic carbocycles. The highest BCUT2D eigenvalue weighted by Crippen LogP contribution is 2.34. The lowest BCUT2D eigenvalue weighted by Gasteiger charge is -2.30. The highest BCUT2D eigenvalue weighted by Gasteiger charge is 2.29. The van der Waals surface area contributed by atoms with Crippen molar-refractivity contribution in [2.45, 2.75) is 37.8 Å². The van der Waals surface area contributed by atoms with Crippen LogP contribution in [0.4, 0.5) is 15.8 Å². The summed E-state index contributed by atoms with van der Waals surface area (Å²) in [4.78, 5) is 26.4.